The summed E-state index contributed by atoms with van der Waals surface area (Å²) in [6.07, 6.45) is 8.46. The highest BCUT2D eigenvalue weighted by molar-refractivity contribution is 7.13. The van der Waals surface area contributed by atoms with Crippen LogP contribution in [0.5, 0.6) is 0 Å². The van der Waals surface area contributed by atoms with Crippen LogP contribution in [-0.4, -0.2) is 10.9 Å². The summed E-state index contributed by atoms with van der Waals surface area (Å²) in [5.74, 6) is 1.26. The van der Waals surface area contributed by atoms with Crippen LogP contribution in [0.3, 0.4) is 0 Å². The summed E-state index contributed by atoms with van der Waals surface area (Å²) in [7, 11) is 0. The fraction of sp³-hybridized carbons (Fsp3) is 0.407. The molecule has 1 aromatic heterocycles. The Morgan fingerprint density at radius 1 is 1.00 bits per heavy atom. The molecule has 0 bridgehead atoms. The van der Waals surface area contributed by atoms with Crippen LogP contribution in [0.4, 0.5) is 0 Å². The second-order valence-electron chi connectivity index (χ2n) is 8.68. The molecule has 3 nitrogen and oxygen atoms in total. The largest absolute Gasteiger partial charge is 0.352 e. The quantitative estimate of drug-likeness (QED) is 0.413. The van der Waals surface area contributed by atoms with Crippen LogP contribution in [0, 0.1) is 11.8 Å². The Hall–Kier alpha value is -2.46. The SMILES string of the molecule is CCCCC1CCC(C(=O)NCc2ccc(-c3nc(-c4ccccc4)cs3)cc2)CC1. The second kappa shape index (κ2) is 10.7. The molecule has 1 amide bonds. The summed E-state index contributed by atoms with van der Waals surface area (Å²) in [6, 6.07) is 18.7. The third-order valence-electron chi connectivity index (χ3n) is 6.42. The lowest BCUT2D eigenvalue weighted by molar-refractivity contribution is -0.126. The molecule has 1 aliphatic carbocycles. The number of amides is 1. The summed E-state index contributed by atoms with van der Waals surface area (Å²) >= 11 is 1.66. The van der Waals surface area contributed by atoms with Crippen LogP contribution in [0.1, 0.15) is 57.4 Å². The predicted octanol–water partition coefficient (Wildman–Crippen LogP) is 7.09. The lowest BCUT2D eigenvalue weighted by Gasteiger charge is -2.27. The molecule has 0 saturated heterocycles. The zero-order valence-electron chi connectivity index (χ0n) is 18.3. The van der Waals surface area contributed by atoms with Crippen molar-refractivity contribution < 1.29 is 4.79 Å². The normalized spacial score (nSPS) is 18.6. The molecule has 0 atom stereocenters. The highest BCUT2D eigenvalue weighted by atomic mass is 32.1. The van der Waals surface area contributed by atoms with Gasteiger partial charge in [0.05, 0.1) is 5.69 Å². The maximum absolute atomic E-state index is 12.6. The van der Waals surface area contributed by atoms with Gasteiger partial charge in [0.2, 0.25) is 5.91 Å². The maximum atomic E-state index is 12.6. The van der Waals surface area contributed by atoms with E-state index in [2.05, 4.69) is 54.0 Å². The van der Waals surface area contributed by atoms with Crippen molar-refractivity contribution in [3.8, 4) is 21.8 Å². The van der Waals surface area contributed by atoms with Crippen molar-refractivity contribution in [2.75, 3.05) is 0 Å². The van der Waals surface area contributed by atoms with Crippen LogP contribution >= 0.6 is 11.3 Å². The molecule has 1 saturated carbocycles. The molecule has 1 fully saturated rings. The molecule has 3 aromatic rings. The summed E-state index contributed by atoms with van der Waals surface area (Å²) in [6.45, 7) is 2.85. The molecule has 0 spiro atoms. The summed E-state index contributed by atoms with van der Waals surface area (Å²) in [4.78, 5) is 17.4. The molecule has 2 aromatic carbocycles. The van der Waals surface area contributed by atoms with Gasteiger partial charge in [-0.05, 0) is 37.2 Å². The summed E-state index contributed by atoms with van der Waals surface area (Å²) in [5.41, 5.74) is 4.41. The number of nitrogens with one attached hydrogen (secondary N) is 1. The Labute approximate surface area is 189 Å². The molecule has 1 heterocycles. The molecule has 31 heavy (non-hydrogen) atoms. The minimum atomic E-state index is 0.198. The van der Waals surface area contributed by atoms with Gasteiger partial charge in [-0.1, -0.05) is 80.8 Å². The van der Waals surface area contributed by atoms with Crippen molar-refractivity contribution in [2.24, 2.45) is 11.8 Å². The Morgan fingerprint density at radius 3 is 2.45 bits per heavy atom. The Bertz CT molecular complexity index is 956. The molecule has 162 valence electrons. The average Bonchev–Trinajstić information content (AvgIpc) is 3.33. The Morgan fingerprint density at radius 2 is 1.74 bits per heavy atom. The van der Waals surface area contributed by atoms with Gasteiger partial charge in [-0.3, -0.25) is 4.79 Å². The first-order chi connectivity index (χ1) is 15.2. The lowest BCUT2D eigenvalue weighted by Crippen LogP contribution is -2.32. The fourth-order valence-electron chi connectivity index (χ4n) is 4.45. The summed E-state index contributed by atoms with van der Waals surface area (Å²) in [5, 5.41) is 6.29. The zero-order chi connectivity index (χ0) is 21.5. The molecule has 0 radical (unpaired) electrons. The van der Waals surface area contributed by atoms with Crippen molar-refractivity contribution in [2.45, 2.75) is 58.4 Å². The third kappa shape index (κ3) is 5.82. The van der Waals surface area contributed by atoms with E-state index >= 15 is 0 Å². The molecule has 1 N–H and O–H groups in total. The van der Waals surface area contributed by atoms with Gasteiger partial charge in [-0.2, -0.15) is 0 Å². The van der Waals surface area contributed by atoms with Gasteiger partial charge in [-0.25, -0.2) is 4.98 Å². The van der Waals surface area contributed by atoms with E-state index < -0.39 is 0 Å². The Balaban J connectivity index is 1.27. The number of thiazole rings is 1. The number of nitrogens with zero attached hydrogens (tertiary/aromatic N) is 1. The van der Waals surface area contributed by atoms with Gasteiger partial charge in [-0.15, -0.1) is 11.3 Å². The topological polar surface area (TPSA) is 42.0 Å². The van der Waals surface area contributed by atoms with Crippen LogP contribution in [0.25, 0.3) is 21.8 Å². The highest BCUT2D eigenvalue weighted by Gasteiger charge is 2.25. The van der Waals surface area contributed by atoms with Gasteiger partial charge in [0.1, 0.15) is 5.01 Å². The molecule has 0 aliphatic heterocycles. The molecular formula is C27H32N2OS. The van der Waals surface area contributed by atoms with Gasteiger partial charge < -0.3 is 5.32 Å². The van der Waals surface area contributed by atoms with Gasteiger partial charge in [0, 0.05) is 29.0 Å². The van der Waals surface area contributed by atoms with Gasteiger partial charge in [0.15, 0.2) is 0 Å². The number of hydrogen-bond acceptors (Lipinski definition) is 3. The average molecular weight is 433 g/mol. The first kappa shape index (κ1) is 21.8. The first-order valence-electron chi connectivity index (χ1n) is 11.6. The van der Waals surface area contributed by atoms with E-state index in [1.165, 1.54) is 32.1 Å². The fourth-order valence-corrected chi connectivity index (χ4v) is 5.29. The van der Waals surface area contributed by atoms with Crippen molar-refractivity contribution >= 4 is 17.2 Å². The molecule has 0 unspecified atom stereocenters. The maximum Gasteiger partial charge on any atom is 0.223 e. The minimum absolute atomic E-state index is 0.198. The molecule has 4 heteroatoms. The van der Waals surface area contributed by atoms with E-state index in [0.717, 1.165) is 46.2 Å². The van der Waals surface area contributed by atoms with Crippen molar-refractivity contribution in [1.82, 2.24) is 10.3 Å². The van der Waals surface area contributed by atoms with E-state index in [1.54, 1.807) is 11.3 Å². The van der Waals surface area contributed by atoms with E-state index in [-0.39, 0.29) is 11.8 Å². The van der Waals surface area contributed by atoms with E-state index in [9.17, 15) is 4.79 Å². The number of hydrogen-bond donors (Lipinski definition) is 1. The monoisotopic (exact) mass is 432 g/mol. The van der Waals surface area contributed by atoms with Crippen LogP contribution < -0.4 is 5.32 Å². The van der Waals surface area contributed by atoms with Crippen molar-refractivity contribution in [3.63, 3.8) is 0 Å². The Kier molecular flexibility index (Phi) is 7.52. The van der Waals surface area contributed by atoms with Crippen LogP contribution in [-0.2, 0) is 11.3 Å². The van der Waals surface area contributed by atoms with E-state index in [0.29, 0.717) is 6.54 Å². The van der Waals surface area contributed by atoms with Crippen LogP contribution in [0.2, 0.25) is 0 Å². The highest BCUT2D eigenvalue weighted by Crippen LogP contribution is 2.32. The van der Waals surface area contributed by atoms with E-state index in [1.807, 2.05) is 18.2 Å². The smallest absolute Gasteiger partial charge is 0.223 e. The molecule has 4 rings (SSSR count). The van der Waals surface area contributed by atoms with Crippen molar-refractivity contribution in [3.05, 3.63) is 65.5 Å². The van der Waals surface area contributed by atoms with E-state index in [4.69, 9.17) is 4.98 Å². The zero-order valence-corrected chi connectivity index (χ0v) is 19.2. The minimum Gasteiger partial charge on any atom is -0.352 e. The first-order valence-corrected chi connectivity index (χ1v) is 12.5. The number of carbonyl (C=O) groups is 1. The third-order valence-corrected chi connectivity index (χ3v) is 7.32. The number of benzene rings is 2. The number of aromatic nitrogens is 1. The second-order valence-corrected chi connectivity index (χ2v) is 9.54. The van der Waals surface area contributed by atoms with Gasteiger partial charge in [0.25, 0.3) is 0 Å². The number of carbonyl (C=O) groups excluding carboxylic acids is 1. The standard InChI is InChI=1S/C27H32N2OS/c1-2-3-7-20-10-14-23(15-11-20)26(30)28-18-21-12-16-24(17-13-21)27-29-25(19-31-27)22-8-5-4-6-9-22/h4-6,8-9,12-13,16-17,19-20,23H,2-3,7,10-11,14-15,18H2,1H3,(H,28,30). The lowest BCUT2D eigenvalue weighted by atomic mass is 9.79. The van der Waals surface area contributed by atoms with Crippen LogP contribution in [0.15, 0.2) is 60.0 Å². The van der Waals surface area contributed by atoms with Gasteiger partial charge >= 0.3 is 0 Å². The predicted molar refractivity (Wildman–Crippen MR) is 130 cm³/mol. The number of unbranched alkanes of at least 4 members (excludes halogenated alkanes) is 1. The molecular weight excluding hydrogens is 400 g/mol. The van der Waals surface area contributed by atoms with Crippen molar-refractivity contribution in [1.29, 1.82) is 0 Å². The number of rotatable bonds is 8. The summed E-state index contributed by atoms with van der Waals surface area (Å²) < 4.78 is 0. The molecule has 1 aliphatic rings.